The minimum absolute atomic E-state index is 0.0400. The van der Waals surface area contributed by atoms with Gasteiger partial charge in [-0.05, 0) is 30.0 Å². The molecule has 1 nitrogen and oxygen atoms in total. The Morgan fingerprint density at radius 3 is 2.42 bits per heavy atom. The lowest BCUT2D eigenvalue weighted by Gasteiger charge is -2.10. The number of rotatable bonds is 4. The highest BCUT2D eigenvalue weighted by Gasteiger charge is 2.09. The monoisotopic (exact) mass is 299 g/mol. The maximum absolute atomic E-state index is 13.5. The molecular weight excluding hydrogens is 288 g/mol. The first-order valence-electron chi connectivity index (χ1n) is 5.61. The molecule has 0 bridgehead atoms. The van der Waals surface area contributed by atoms with Gasteiger partial charge in [-0.15, -0.1) is 11.8 Å². The number of anilines is 1. The van der Waals surface area contributed by atoms with Crippen LogP contribution >= 0.6 is 23.4 Å². The number of hydrogen-bond acceptors (Lipinski definition) is 2. The Morgan fingerprint density at radius 1 is 1.16 bits per heavy atom. The molecule has 0 heterocycles. The second-order valence-corrected chi connectivity index (χ2v) is 5.23. The zero-order valence-electron chi connectivity index (χ0n) is 10.2. The molecule has 0 amide bonds. The van der Waals surface area contributed by atoms with Gasteiger partial charge in [0.25, 0.3) is 0 Å². The van der Waals surface area contributed by atoms with Crippen LogP contribution in [0, 0.1) is 11.6 Å². The van der Waals surface area contributed by atoms with Gasteiger partial charge < -0.3 is 5.32 Å². The molecule has 0 fully saturated rings. The molecule has 0 aliphatic carbocycles. The predicted octanol–water partition coefficient (Wildman–Crippen LogP) is 4.95. The molecule has 0 saturated carbocycles. The summed E-state index contributed by atoms with van der Waals surface area (Å²) in [5.41, 5.74) is 1.12. The smallest absolute Gasteiger partial charge is 0.150 e. The molecule has 0 aliphatic heterocycles. The topological polar surface area (TPSA) is 12.0 Å². The van der Waals surface area contributed by atoms with Gasteiger partial charge in [-0.25, -0.2) is 8.78 Å². The normalized spacial score (nSPS) is 10.5. The van der Waals surface area contributed by atoms with Crippen molar-refractivity contribution in [3.05, 3.63) is 58.6 Å². The molecule has 2 rings (SSSR count). The number of halogens is 3. The van der Waals surface area contributed by atoms with Crippen molar-refractivity contribution in [2.45, 2.75) is 11.4 Å². The van der Waals surface area contributed by atoms with Crippen molar-refractivity contribution in [2.75, 3.05) is 11.6 Å². The van der Waals surface area contributed by atoms with Gasteiger partial charge in [0.15, 0.2) is 5.82 Å². The van der Waals surface area contributed by atoms with Crippen LogP contribution in [0.15, 0.2) is 41.3 Å². The van der Waals surface area contributed by atoms with Crippen LogP contribution in [0.5, 0.6) is 0 Å². The number of nitrogens with one attached hydrogen (secondary N) is 1. The highest BCUT2D eigenvalue weighted by atomic mass is 35.5. The SMILES string of the molecule is CSc1ccc(CNc2c(F)cc(F)cc2Cl)cc1. The molecule has 19 heavy (non-hydrogen) atoms. The van der Waals surface area contributed by atoms with Gasteiger partial charge in [-0.1, -0.05) is 23.7 Å². The second-order valence-electron chi connectivity index (χ2n) is 3.95. The van der Waals surface area contributed by atoms with Gasteiger partial charge >= 0.3 is 0 Å². The van der Waals surface area contributed by atoms with Gasteiger partial charge in [0.1, 0.15) is 5.82 Å². The van der Waals surface area contributed by atoms with E-state index in [1.807, 2.05) is 30.5 Å². The molecule has 0 saturated heterocycles. The fourth-order valence-electron chi connectivity index (χ4n) is 1.64. The Bertz CT molecular complexity index is 549. The third kappa shape index (κ3) is 3.61. The zero-order chi connectivity index (χ0) is 13.8. The standard InChI is InChI=1S/C14H12ClF2NS/c1-19-11-4-2-9(3-5-11)8-18-14-12(15)6-10(16)7-13(14)17/h2-7,18H,8H2,1H3. The Labute approximate surface area is 120 Å². The van der Waals surface area contributed by atoms with Crippen molar-refractivity contribution < 1.29 is 8.78 Å². The molecule has 0 aromatic heterocycles. The number of hydrogen-bond donors (Lipinski definition) is 1. The van der Waals surface area contributed by atoms with Crippen LogP contribution in [0.1, 0.15) is 5.56 Å². The fraction of sp³-hybridized carbons (Fsp3) is 0.143. The summed E-state index contributed by atoms with van der Waals surface area (Å²) in [6, 6.07) is 9.78. The lowest BCUT2D eigenvalue weighted by atomic mass is 10.2. The van der Waals surface area contributed by atoms with E-state index >= 15 is 0 Å². The van der Waals surface area contributed by atoms with Crippen LogP contribution in [-0.4, -0.2) is 6.26 Å². The van der Waals surface area contributed by atoms with Gasteiger partial charge in [0.05, 0.1) is 10.7 Å². The van der Waals surface area contributed by atoms with Crippen LogP contribution in [0.4, 0.5) is 14.5 Å². The summed E-state index contributed by atoms with van der Waals surface area (Å²) in [5.74, 6) is -1.37. The Hall–Kier alpha value is -1.26. The number of thioether (sulfide) groups is 1. The van der Waals surface area contributed by atoms with Crippen LogP contribution in [0.2, 0.25) is 5.02 Å². The summed E-state index contributed by atoms with van der Waals surface area (Å²) in [4.78, 5) is 1.16. The van der Waals surface area contributed by atoms with Crippen molar-refractivity contribution in [2.24, 2.45) is 0 Å². The van der Waals surface area contributed by atoms with Gasteiger partial charge in [-0.2, -0.15) is 0 Å². The Kier molecular flexibility index (Phi) is 4.66. The molecule has 0 unspecified atom stereocenters. The molecule has 2 aromatic rings. The van der Waals surface area contributed by atoms with E-state index in [4.69, 9.17) is 11.6 Å². The van der Waals surface area contributed by atoms with Crippen molar-refractivity contribution in [3.63, 3.8) is 0 Å². The summed E-state index contributed by atoms with van der Waals surface area (Å²) in [7, 11) is 0. The van der Waals surface area contributed by atoms with Gasteiger partial charge in [0, 0.05) is 17.5 Å². The minimum atomic E-state index is -0.689. The van der Waals surface area contributed by atoms with Crippen molar-refractivity contribution >= 4 is 29.1 Å². The van der Waals surface area contributed by atoms with E-state index in [1.165, 1.54) is 0 Å². The summed E-state index contributed by atoms with van der Waals surface area (Å²) in [5, 5.41) is 2.92. The maximum Gasteiger partial charge on any atom is 0.150 e. The largest absolute Gasteiger partial charge is 0.377 e. The quantitative estimate of drug-likeness (QED) is 0.802. The Balaban J connectivity index is 2.10. The Morgan fingerprint density at radius 2 is 1.84 bits per heavy atom. The molecule has 0 atom stereocenters. The highest BCUT2D eigenvalue weighted by molar-refractivity contribution is 7.98. The highest BCUT2D eigenvalue weighted by Crippen LogP contribution is 2.27. The van der Waals surface area contributed by atoms with Gasteiger partial charge in [0.2, 0.25) is 0 Å². The molecule has 1 N–H and O–H groups in total. The second kappa shape index (κ2) is 6.26. The predicted molar refractivity (Wildman–Crippen MR) is 76.9 cm³/mol. The van der Waals surface area contributed by atoms with Crippen LogP contribution < -0.4 is 5.32 Å². The van der Waals surface area contributed by atoms with E-state index in [0.717, 1.165) is 22.6 Å². The molecule has 100 valence electrons. The first kappa shape index (κ1) is 14.2. The van der Waals surface area contributed by atoms with Crippen molar-refractivity contribution in [1.82, 2.24) is 0 Å². The molecule has 0 radical (unpaired) electrons. The van der Waals surface area contributed by atoms with E-state index in [1.54, 1.807) is 11.8 Å². The summed E-state index contributed by atoms with van der Waals surface area (Å²) in [6.07, 6.45) is 2.00. The molecule has 5 heteroatoms. The van der Waals surface area contributed by atoms with E-state index in [0.29, 0.717) is 6.54 Å². The van der Waals surface area contributed by atoms with Crippen molar-refractivity contribution in [3.8, 4) is 0 Å². The number of benzene rings is 2. The van der Waals surface area contributed by atoms with Crippen LogP contribution in [-0.2, 0) is 6.54 Å². The lowest BCUT2D eigenvalue weighted by Crippen LogP contribution is -2.02. The molecular formula is C14H12ClF2NS. The van der Waals surface area contributed by atoms with E-state index in [2.05, 4.69) is 5.32 Å². The summed E-state index contributed by atoms with van der Waals surface area (Å²) in [6.45, 7) is 0.428. The molecule has 2 aromatic carbocycles. The van der Waals surface area contributed by atoms with Crippen LogP contribution in [0.25, 0.3) is 0 Å². The average Bonchev–Trinajstić information content (AvgIpc) is 2.38. The summed E-state index contributed by atoms with van der Waals surface area (Å²) >= 11 is 7.46. The van der Waals surface area contributed by atoms with E-state index in [9.17, 15) is 8.78 Å². The summed E-state index contributed by atoms with van der Waals surface area (Å²) < 4.78 is 26.4. The van der Waals surface area contributed by atoms with Gasteiger partial charge in [-0.3, -0.25) is 0 Å². The maximum atomic E-state index is 13.5. The minimum Gasteiger partial charge on any atom is -0.377 e. The first-order valence-corrected chi connectivity index (χ1v) is 7.22. The fourth-order valence-corrected chi connectivity index (χ4v) is 2.31. The molecule has 0 aliphatic rings. The molecule has 0 spiro atoms. The average molecular weight is 300 g/mol. The van der Waals surface area contributed by atoms with Crippen LogP contribution in [0.3, 0.4) is 0 Å². The van der Waals surface area contributed by atoms with Crippen molar-refractivity contribution in [1.29, 1.82) is 0 Å². The third-order valence-electron chi connectivity index (χ3n) is 2.64. The third-order valence-corrected chi connectivity index (χ3v) is 3.68. The zero-order valence-corrected chi connectivity index (χ0v) is 11.8. The lowest BCUT2D eigenvalue weighted by molar-refractivity contribution is 0.585. The van der Waals surface area contributed by atoms with E-state index in [-0.39, 0.29) is 10.7 Å². The van der Waals surface area contributed by atoms with E-state index < -0.39 is 11.6 Å². The first-order chi connectivity index (χ1) is 9.10.